The van der Waals surface area contributed by atoms with Crippen molar-refractivity contribution >= 4 is 11.7 Å². The number of halogens is 1. The summed E-state index contributed by atoms with van der Waals surface area (Å²) >= 11 is 0. The lowest BCUT2D eigenvalue weighted by Crippen LogP contribution is -2.37. The summed E-state index contributed by atoms with van der Waals surface area (Å²) in [4.78, 5) is 38.8. The van der Waals surface area contributed by atoms with Crippen molar-refractivity contribution in [2.24, 2.45) is 0 Å². The molecule has 0 saturated heterocycles. The Hall–Kier alpha value is -3.54. The Morgan fingerprint density at radius 3 is 2.43 bits per heavy atom. The van der Waals surface area contributed by atoms with Crippen LogP contribution in [-0.4, -0.2) is 16.3 Å². The van der Waals surface area contributed by atoms with Crippen LogP contribution in [0.4, 0.5) is 4.39 Å². The Kier molecular flexibility index (Phi) is 5.31. The fraction of sp³-hybridized carbons (Fsp3) is 0.208. The Bertz CT molecular complexity index is 1170. The maximum absolute atomic E-state index is 13.4. The van der Waals surface area contributed by atoms with Gasteiger partial charge in [-0.05, 0) is 55.7 Å². The lowest BCUT2D eigenvalue weighted by Gasteiger charge is -2.22. The van der Waals surface area contributed by atoms with E-state index in [1.165, 1.54) is 34.9 Å². The van der Waals surface area contributed by atoms with Crippen molar-refractivity contribution in [3.05, 3.63) is 99.2 Å². The molecule has 0 fully saturated rings. The second-order valence-electron chi connectivity index (χ2n) is 7.42. The minimum atomic E-state index is -0.548. The first-order valence-corrected chi connectivity index (χ1v) is 9.89. The highest BCUT2D eigenvalue weighted by atomic mass is 19.1. The van der Waals surface area contributed by atoms with Gasteiger partial charge in [0.2, 0.25) is 0 Å². The largest absolute Gasteiger partial charge is 0.345 e. The van der Waals surface area contributed by atoms with Gasteiger partial charge >= 0.3 is 0 Å². The monoisotopic (exact) mass is 404 g/mol. The zero-order valence-corrected chi connectivity index (χ0v) is 16.5. The molecule has 0 unspecified atom stereocenters. The van der Waals surface area contributed by atoms with Crippen LogP contribution < -0.4 is 10.9 Å². The normalized spacial score (nSPS) is 14.1. The molecular weight excluding hydrogens is 383 g/mol. The highest BCUT2D eigenvalue weighted by Crippen LogP contribution is 2.24. The summed E-state index contributed by atoms with van der Waals surface area (Å²) in [6.45, 7) is 1.83. The van der Waals surface area contributed by atoms with Gasteiger partial charge in [0.15, 0.2) is 5.78 Å². The van der Waals surface area contributed by atoms with Gasteiger partial charge < -0.3 is 5.32 Å². The van der Waals surface area contributed by atoms with Gasteiger partial charge in [-0.1, -0.05) is 30.3 Å². The van der Waals surface area contributed by atoms with E-state index >= 15 is 0 Å². The molecule has 0 saturated carbocycles. The molecule has 1 amide bonds. The van der Waals surface area contributed by atoms with Gasteiger partial charge in [-0.2, -0.15) is 0 Å². The molecule has 0 spiro atoms. The summed E-state index contributed by atoms with van der Waals surface area (Å²) in [6.07, 6.45) is 1.54. The molecule has 1 N–H and O–H groups in total. The third-order valence-electron chi connectivity index (χ3n) is 5.40. The lowest BCUT2D eigenvalue weighted by molar-refractivity contribution is 0.0938. The number of fused-ring (bicyclic) bond motifs is 1. The number of carbonyl (C=O) groups excluding carboxylic acids is 2. The summed E-state index contributed by atoms with van der Waals surface area (Å²) in [7, 11) is 0. The Morgan fingerprint density at radius 2 is 1.73 bits per heavy atom. The van der Waals surface area contributed by atoms with Gasteiger partial charge in [0, 0.05) is 23.4 Å². The van der Waals surface area contributed by atoms with Crippen LogP contribution in [0.15, 0.2) is 65.5 Å². The van der Waals surface area contributed by atoms with Crippen molar-refractivity contribution in [1.82, 2.24) is 9.88 Å². The number of rotatable bonds is 4. The highest BCUT2D eigenvalue weighted by molar-refractivity contribution is 6.02. The van der Waals surface area contributed by atoms with Gasteiger partial charge in [-0.15, -0.1) is 0 Å². The highest BCUT2D eigenvalue weighted by Gasteiger charge is 2.26. The second-order valence-corrected chi connectivity index (χ2v) is 7.42. The van der Waals surface area contributed by atoms with Crippen LogP contribution in [0.25, 0.3) is 5.69 Å². The molecule has 1 aromatic heterocycles. The topological polar surface area (TPSA) is 68.2 Å². The molecule has 3 aromatic rings. The van der Waals surface area contributed by atoms with E-state index < -0.39 is 17.3 Å². The van der Waals surface area contributed by atoms with Crippen LogP contribution in [0, 0.1) is 5.82 Å². The fourth-order valence-corrected chi connectivity index (χ4v) is 3.82. The maximum atomic E-state index is 13.4. The molecule has 1 atom stereocenters. The third-order valence-corrected chi connectivity index (χ3v) is 5.40. The Labute approximate surface area is 173 Å². The molecule has 6 heteroatoms. The molecule has 4 rings (SSSR count). The van der Waals surface area contributed by atoms with E-state index in [1.807, 2.05) is 37.3 Å². The van der Waals surface area contributed by atoms with Crippen molar-refractivity contribution < 1.29 is 14.0 Å². The second kappa shape index (κ2) is 8.06. The van der Waals surface area contributed by atoms with Crippen molar-refractivity contribution in [2.75, 3.05) is 0 Å². The predicted octanol–water partition coefficient (Wildman–Crippen LogP) is 3.99. The number of pyridine rings is 1. The summed E-state index contributed by atoms with van der Waals surface area (Å²) in [6, 6.07) is 16.0. The number of carbonyl (C=O) groups is 2. The van der Waals surface area contributed by atoms with Crippen molar-refractivity contribution in [2.45, 2.75) is 32.2 Å². The molecule has 0 bridgehead atoms. The first-order chi connectivity index (χ1) is 14.5. The van der Waals surface area contributed by atoms with Crippen LogP contribution in [0.1, 0.15) is 57.8 Å². The van der Waals surface area contributed by atoms with Gasteiger partial charge in [-0.25, -0.2) is 4.39 Å². The number of hydrogen-bond acceptors (Lipinski definition) is 3. The number of Topliss-reactive ketones (excluding diaryl/α,β-unsaturated/α-hetero) is 1. The molecule has 5 nitrogen and oxygen atoms in total. The first kappa shape index (κ1) is 19.8. The molecule has 152 valence electrons. The minimum Gasteiger partial charge on any atom is -0.345 e. The lowest BCUT2D eigenvalue weighted by atomic mass is 9.92. The number of amides is 1. The molecule has 1 heterocycles. The zero-order chi connectivity index (χ0) is 21.3. The number of aromatic nitrogens is 1. The van der Waals surface area contributed by atoms with Gasteiger partial charge in [-0.3, -0.25) is 19.0 Å². The van der Waals surface area contributed by atoms with Crippen LogP contribution in [0.2, 0.25) is 0 Å². The van der Waals surface area contributed by atoms with Crippen LogP contribution in [0.3, 0.4) is 0 Å². The maximum Gasteiger partial charge on any atom is 0.268 e. The van der Waals surface area contributed by atoms with E-state index in [1.54, 1.807) is 0 Å². The van der Waals surface area contributed by atoms with E-state index in [0.29, 0.717) is 36.2 Å². The van der Waals surface area contributed by atoms with Gasteiger partial charge in [0.25, 0.3) is 11.5 Å². The molecule has 0 aliphatic heterocycles. The third kappa shape index (κ3) is 3.68. The molecule has 1 aliphatic carbocycles. The predicted molar refractivity (Wildman–Crippen MR) is 112 cm³/mol. The van der Waals surface area contributed by atoms with Gasteiger partial charge in [0.1, 0.15) is 11.4 Å². The van der Waals surface area contributed by atoms with Crippen molar-refractivity contribution in [3.8, 4) is 5.69 Å². The summed E-state index contributed by atoms with van der Waals surface area (Å²) < 4.78 is 14.8. The Morgan fingerprint density at radius 1 is 1.03 bits per heavy atom. The Balaban J connectivity index is 1.80. The number of nitrogens with one attached hydrogen (secondary N) is 1. The smallest absolute Gasteiger partial charge is 0.268 e. The van der Waals surface area contributed by atoms with E-state index in [4.69, 9.17) is 0 Å². The molecule has 0 radical (unpaired) electrons. The van der Waals surface area contributed by atoms with Crippen molar-refractivity contribution in [1.29, 1.82) is 0 Å². The fourth-order valence-electron chi connectivity index (χ4n) is 3.82. The van der Waals surface area contributed by atoms with Crippen molar-refractivity contribution in [3.63, 3.8) is 0 Å². The molecule has 1 aliphatic rings. The van der Waals surface area contributed by atoms with E-state index in [0.717, 1.165) is 5.56 Å². The number of benzene rings is 2. The van der Waals surface area contributed by atoms with E-state index in [2.05, 4.69) is 5.32 Å². The average Bonchev–Trinajstić information content (AvgIpc) is 2.75. The quantitative estimate of drug-likeness (QED) is 0.715. The van der Waals surface area contributed by atoms with Crippen LogP contribution >= 0.6 is 0 Å². The minimum absolute atomic E-state index is 0.0998. The SMILES string of the molecule is C[C@@H](NC(=O)c1cc2c(n(-c3ccc(F)cc3)c1=O)CCCC2=O)c1ccccc1. The van der Waals surface area contributed by atoms with Crippen LogP contribution in [-0.2, 0) is 6.42 Å². The van der Waals surface area contributed by atoms with E-state index in [-0.39, 0.29) is 17.4 Å². The zero-order valence-electron chi connectivity index (χ0n) is 16.5. The van der Waals surface area contributed by atoms with Crippen LogP contribution in [0.5, 0.6) is 0 Å². The standard InChI is InChI=1S/C24H21FN2O3/c1-15(16-6-3-2-4-7-16)26-23(29)20-14-19-21(8-5-9-22(19)28)27(24(20)30)18-12-10-17(25)11-13-18/h2-4,6-7,10-15H,5,8-9H2,1H3,(H,26,29)/t15-/m1/s1. The first-order valence-electron chi connectivity index (χ1n) is 9.89. The van der Waals surface area contributed by atoms with E-state index in [9.17, 15) is 18.8 Å². The number of ketones is 1. The molecule has 2 aromatic carbocycles. The number of hydrogen-bond donors (Lipinski definition) is 1. The average molecular weight is 404 g/mol. The molecular formula is C24H21FN2O3. The summed E-state index contributed by atoms with van der Waals surface area (Å²) in [5, 5.41) is 2.84. The van der Waals surface area contributed by atoms with Gasteiger partial charge in [0.05, 0.1) is 6.04 Å². The summed E-state index contributed by atoms with van der Waals surface area (Å²) in [5.41, 5.74) is 1.65. The number of nitrogens with zero attached hydrogens (tertiary/aromatic N) is 1. The summed E-state index contributed by atoms with van der Waals surface area (Å²) in [5.74, 6) is -1.08. The molecule has 30 heavy (non-hydrogen) atoms.